The first-order valence-corrected chi connectivity index (χ1v) is 8.19. The van der Waals surface area contributed by atoms with Crippen molar-refractivity contribution in [3.05, 3.63) is 27.7 Å². The van der Waals surface area contributed by atoms with Crippen LogP contribution in [0, 0.1) is 13.8 Å². The fourth-order valence-corrected chi connectivity index (χ4v) is 3.37. The number of halogens is 1. The van der Waals surface area contributed by atoms with Gasteiger partial charge in [0, 0.05) is 23.1 Å². The maximum Gasteiger partial charge on any atom is 0.228 e. The van der Waals surface area contributed by atoms with Crippen molar-refractivity contribution in [2.24, 2.45) is 5.14 Å². The lowest BCUT2D eigenvalue weighted by Gasteiger charge is -2.20. The molecule has 2 rings (SSSR count). The zero-order chi connectivity index (χ0) is 14.4. The molecule has 1 amide bonds. The third-order valence-electron chi connectivity index (χ3n) is 3.32. The first-order valence-electron chi connectivity index (χ1n) is 5.79. The summed E-state index contributed by atoms with van der Waals surface area (Å²) in [4.78, 5) is 13.5. The highest BCUT2D eigenvalue weighted by atomic mass is 79.9. The summed E-state index contributed by atoms with van der Waals surface area (Å²) in [6.07, 6.45) is -0.0482. The maximum absolute atomic E-state index is 12.0. The summed E-state index contributed by atoms with van der Waals surface area (Å²) in [6, 6.07) is 3.80. The molecule has 19 heavy (non-hydrogen) atoms. The third kappa shape index (κ3) is 2.82. The van der Waals surface area contributed by atoms with E-state index >= 15 is 0 Å². The van der Waals surface area contributed by atoms with E-state index in [2.05, 4.69) is 15.9 Å². The minimum absolute atomic E-state index is 0.0482. The molecule has 7 heteroatoms. The molecule has 2 N–H and O–H groups in total. The zero-order valence-electron chi connectivity index (χ0n) is 10.7. The normalized spacial score (nSPS) is 20.1. The molecule has 0 radical (unpaired) electrons. The van der Waals surface area contributed by atoms with E-state index in [-0.39, 0.29) is 18.9 Å². The molecule has 104 valence electrons. The number of nitrogens with zero attached hydrogens (tertiary/aromatic N) is 1. The van der Waals surface area contributed by atoms with E-state index in [1.54, 1.807) is 0 Å². The van der Waals surface area contributed by atoms with E-state index < -0.39 is 15.3 Å². The Morgan fingerprint density at radius 1 is 1.32 bits per heavy atom. The van der Waals surface area contributed by atoms with Crippen LogP contribution in [0.2, 0.25) is 0 Å². The number of primary sulfonamides is 1. The van der Waals surface area contributed by atoms with Crippen molar-refractivity contribution in [3.63, 3.8) is 0 Å². The van der Waals surface area contributed by atoms with Crippen molar-refractivity contribution in [1.82, 2.24) is 0 Å². The molecule has 1 fully saturated rings. The minimum Gasteiger partial charge on any atom is -0.311 e. The lowest BCUT2D eigenvalue weighted by molar-refractivity contribution is -0.117. The standard InChI is InChI=1S/C12H15BrN2O3S/c1-7-4-11(8(2)3-10(7)13)15-6-9(5-12(15)16)19(14,17)18/h3-4,9H,5-6H2,1-2H3,(H2,14,17,18). The fourth-order valence-electron chi connectivity index (χ4n) is 2.18. The second kappa shape index (κ2) is 4.88. The van der Waals surface area contributed by atoms with Gasteiger partial charge in [0.05, 0.1) is 0 Å². The number of benzene rings is 1. The number of carbonyl (C=O) groups is 1. The van der Waals surface area contributed by atoms with Gasteiger partial charge in [-0.2, -0.15) is 0 Å². The third-order valence-corrected chi connectivity index (χ3v) is 5.42. The first kappa shape index (κ1) is 14.5. The topological polar surface area (TPSA) is 80.5 Å². The Bertz CT molecular complexity index is 643. The fraction of sp³-hybridized carbons (Fsp3) is 0.417. The molecule has 0 bridgehead atoms. The lowest BCUT2D eigenvalue weighted by atomic mass is 10.1. The molecule has 1 unspecified atom stereocenters. The van der Waals surface area contributed by atoms with Gasteiger partial charge in [0.25, 0.3) is 0 Å². The quantitative estimate of drug-likeness (QED) is 0.880. The van der Waals surface area contributed by atoms with E-state index in [1.165, 1.54) is 4.90 Å². The van der Waals surface area contributed by atoms with Crippen LogP contribution >= 0.6 is 15.9 Å². The van der Waals surface area contributed by atoms with Gasteiger partial charge in [-0.25, -0.2) is 13.6 Å². The molecular weight excluding hydrogens is 332 g/mol. The number of anilines is 1. The van der Waals surface area contributed by atoms with Crippen LogP contribution in [0.3, 0.4) is 0 Å². The Labute approximate surface area is 121 Å². The Kier molecular flexibility index (Phi) is 3.72. The number of carbonyl (C=O) groups excluding carboxylic acids is 1. The Hall–Kier alpha value is -0.920. The molecule has 1 aliphatic rings. The van der Waals surface area contributed by atoms with Crippen LogP contribution in [0.15, 0.2) is 16.6 Å². The second-order valence-electron chi connectivity index (χ2n) is 4.81. The molecule has 0 spiro atoms. The summed E-state index contributed by atoms with van der Waals surface area (Å²) in [5.74, 6) is -0.205. The number of rotatable bonds is 2. The van der Waals surface area contributed by atoms with Gasteiger partial charge in [-0.15, -0.1) is 0 Å². The van der Waals surface area contributed by atoms with Crippen LogP contribution in [0.5, 0.6) is 0 Å². The lowest BCUT2D eigenvalue weighted by Crippen LogP contribution is -2.32. The summed E-state index contributed by atoms with van der Waals surface area (Å²) in [6.45, 7) is 3.93. The number of hydrogen-bond donors (Lipinski definition) is 1. The van der Waals surface area contributed by atoms with Crippen molar-refractivity contribution < 1.29 is 13.2 Å². The van der Waals surface area contributed by atoms with Crippen molar-refractivity contribution in [2.75, 3.05) is 11.4 Å². The van der Waals surface area contributed by atoms with Crippen LogP contribution in [0.1, 0.15) is 17.5 Å². The largest absolute Gasteiger partial charge is 0.311 e. The number of hydrogen-bond acceptors (Lipinski definition) is 3. The van der Waals surface area contributed by atoms with Gasteiger partial charge < -0.3 is 4.90 Å². The van der Waals surface area contributed by atoms with E-state index in [1.807, 2.05) is 26.0 Å². The summed E-state index contributed by atoms with van der Waals surface area (Å²) in [5, 5.41) is 4.30. The van der Waals surface area contributed by atoms with E-state index in [0.29, 0.717) is 0 Å². The summed E-state index contributed by atoms with van der Waals surface area (Å²) >= 11 is 3.43. The smallest absolute Gasteiger partial charge is 0.228 e. The van der Waals surface area contributed by atoms with Gasteiger partial charge in [0.1, 0.15) is 5.25 Å². The van der Waals surface area contributed by atoms with Gasteiger partial charge in [-0.1, -0.05) is 15.9 Å². The van der Waals surface area contributed by atoms with Gasteiger partial charge in [0.15, 0.2) is 0 Å². The summed E-state index contributed by atoms with van der Waals surface area (Å²) < 4.78 is 23.7. The summed E-state index contributed by atoms with van der Waals surface area (Å²) in [7, 11) is -3.68. The zero-order valence-corrected chi connectivity index (χ0v) is 13.1. The van der Waals surface area contributed by atoms with Crippen LogP contribution in [-0.2, 0) is 14.8 Å². The minimum atomic E-state index is -3.68. The van der Waals surface area contributed by atoms with Crippen molar-refractivity contribution in [1.29, 1.82) is 0 Å². The molecule has 1 heterocycles. The monoisotopic (exact) mass is 346 g/mol. The highest BCUT2D eigenvalue weighted by molar-refractivity contribution is 9.10. The molecule has 0 aromatic heterocycles. The van der Waals surface area contributed by atoms with Crippen LogP contribution in [-0.4, -0.2) is 26.1 Å². The SMILES string of the molecule is Cc1cc(N2CC(S(N)(=O)=O)CC2=O)c(C)cc1Br. The van der Waals surface area contributed by atoms with E-state index in [0.717, 1.165) is 21.3 Å². The Balaban J connectivity index is 2.39. The first-order chi connectivity index (χ1) is 8.70. The Morgan fingerprint density at radius 2 is 1.95 bits per heavy atom. The molecule has 1 atom stereocenters. The molecule has 5 nitrogen and oxygen atoms in total. The van der Waals surface area contributed by atoms with Gasteiger partial charge in [0.2, 0.25) is 15.9 Å². The van der Waals surface area contributed by atoms with Crippen LogP contribution in [0.4, 0.5) is 5.69 Å². The van der Waals surface area contributed by atoms with E-state index in [4.69, 9.17) is 5.14 Å². The molecule has 0 aliphatic carbocycles. The molecule has 1 aromatic rings. The number of aryl methyl sites for hydroxylation is 2. The van der Waals surface area contributed by atoms with Crippen molar-refractivity contribution >= 4 is 37.5 Å². The average molecular weight is 347 g/mol. The maximum atomic E-state index is 12.0. The number of amides is 1. The summed E-state index contributed by atoms with van der Waals surface area (Å²) in [5.41, 5.74) is 2.66. The van der Waals surface area contributed by atoms with Crippen molar-refractivity contribution in [3.8, 4) is 0 Å². The van der Waals surface area contributed by atoms with Gasteiger partial charge in [-0.05, 0) is 37.1 Å². The molecular formula is C12H15BrN2O3S. The number of sulfonamides is 1. The van der Waals surface area contributed by atoms with Gasteiger partial charge >= 0.3 is 0 Å². The van der Waals surface area contributed by atoms with E-state index in [9.17, 15) is 13.2 Å². The van der Waals surface area contributed by atoms with Crippen molar-refractivity contribution in [2.45, 2.75) is 25.5 Å². The van der Waals surface area contributed by atoms with Crippen LogP contribution < -0.4 is 10.0 Å². The molecule has 1 saturated heterocycles. The number of nitrogens with two attached hydrogens (primary N) is 1. The second-order valence-corrected chi connectivity index (χ2v) is 7.51. The highest BCUT2D eigenvalue weighted by Gasteiger charge is 2.37. The molecule has 1 aromatic carbocycles. The predicted octanol–water partition coefficient (Wildman–Crippen LogP) is 1.46. The Morgan fingerprint density at radius 3 is 2.47 bits per heavy atom. The average Bonchev–Trinajstić information content (AvgIpc) is 2.65. The van der Waals surface area contributed by atoms with Gasteiger partial charge in [-0.3, -0.25) is 4.79 Å². The highest BCUT2D eigenvalue weighted by Crippen LogP contribution is 2.31. The van der Waals surface area contributed by atoms with Crippen LogP contribution in [0.25, 0.3) is 0 Å². The molecule has 1 aliphatic heterocycles. The predicted molar refractivity (Wildman–Crippen MR) is 77.5 cm³/mol. The molecule has 0 saturated carbocycles.